The number of allylic oxidation sites excluding steroid dienone is 1. The van der Waals surface area contributed by atoms with E-state index in [1.807, 2.05) is 33.8 Å². The smallest absolute Gasteiger partial charge is 0.195 e. The average Bonchev–Trinajstić information content (AvgIpc) is 2.26. The molecule has 0 aromatic rings. The maximum atomic E-state index is 10.3. The fourth-order valence-corrected chi connectivity index (χ4v) is 2.83. The standard InChI is InChI=1S/C16H34O3Si/c1-10-12-13(17)16(6,7)14(18-11-2)19-20(8,9)15(3,4)5/h10,12-14,17H,11H2,1-9H3/b12-10+/t13-,14?/m1/s1. The second-order valence-corrected chi connectivity index (χ2v) is 12.2. The van der Waals surface area contributed by atoms with Crippen molar-refractivity contribution in [3.8, 4) is 0 Å². The van der Waals surface area contributed by atoms with Crippen LogP contribution in [0, 0.1) is 5.41 Å². The van der Waals surface area contributed by atoms with Crippen LogP contribution in [-0.4, -0.2) is 32.4 Å². The molecule has 3 nitrogen and oxygen atoms in total. The van der Waals surface area contributed by atoms with E-state index in [0.29, 0.717) is 6.61 Å². The van der Waals surface area contributed by atoms with Crippen molar-refractivity contribution in [2.24, 2.45) is 5.41 Å². The van der Waals surface area contributed by atoms with E-state index in [1.165, 1.54) is 0 Å². The molecule has 0 bridgehead atoms. The van der Waals surface area contributed by atoms with Gasteiger partial charge in [-0.15, -0.1) is 0 Å². The maximum Gasteiger partial charge on any atom is 0.195 e. The summed E-state index contributed by atoms with van der Waals surface area (Å²) in [6.45, 7) is 19.5. The summed E-state index contributed by atoms with van der Waals surface area (Å²) in [5.74, 6) is 0. The van der Waals surface area contributed by atoms with Crippen LogP contribution in [0.1, 0.15) is 48.5 Å². The van der Waals surface area contributed by atoms with Crippen molar-refractivity contribution in [3.05, 3.63) is 12.2 Å². The van der Waals surface area contributed by atoms with Crippen molar-refractivity contribution in [1.29, 1.82) is 0 Å². The molecule has 1 unspecified atom stereocenters. The Labute approximate surface area is 126 Å². The van der Waals surface area contributed by atoms with E-state index in [-0.39, 0.29) is 5.04 Å². The molecular formula is C16H34O3Si. The zero-order chi connectivity index (χ0) is 16.2. The molecule has 0 amide bonds. The highest BCUT2D eigenvalue weighted by Gasteiger charge is 2.45. The first-order valence-electron chi connectivity index (χ1n) is 7.50. The van der Waals surface area contributed by atoms with Gasteiger partial charge in [-0.25, -0.2) is 0 Å². The minimum atomic E-state index is -1.94. The molecule has 0 spiro atoms. The molecule has 0 heterocycles. The molecule has 2 atom stereocenters. The third-order valence-electron chi connectivity index (χ3n) is 4.27. The van der Waals surface area contributed by atoms with Crippen LogP contribution in [0.5, 0.6) is 0 Å². The van der Waals surface area contributed by atoms with Gasteiger partial charge >= 0.3 is 0 Å². The Morgan fingerprint density at radius 3 is 2.00 bits per heavy atom. The molecule has 1 N–H and O–H groups in total. The van der Waals surface area contributed by atoms with Gasteiger partial charge in [0.2, 0.25) is 0 Å². The molecule has 0 aliphatic heterocycles. The van der Waals surface area contributed by atoms with Gasteiger partial charge < -0.3 is 14.3 Å². The maximum absolute atomic E-state index is 10.3. The van der Waals surface area contributed by atoms with Gasteiger partial charge in [0.15, 0.2) is 14.6 Å². The molecule has 0 aliphatic carbocycles. The highest BCUT2D eigenvalue weighted by atomic mass is 28.4. The highest BCUT2D eigenvalue weighted by molar-refractivity contribution is 6.74. The summed E-state index contributed by atoms with van der Waals surface area (Å²) in [6.07, 6.45) is 2.66. The third kappa shape index (κ3) is 4.99. The van der Waals surface area contributed by atoms with E-state index in [4.69, 9.17) is 9.16 Å². The van der Waals surface area contributed by atoms with E-state index in [2.05, 4.69) is 33.9 Å². The van der Waals surface area contributed by atoms with Crippen molar-refractivity contribution in [2.45, 2.75) is 79.0 Å². The Kier molecular flexibility index (Phi) is 7.15. The van der Waals surface area contributed by atoms with Gasteiger partial charge in [-0.05, 0) is 32.0 Å². The van der Waals surface area contributed by atoms with Crippen LogP contribution in [0.25, 0.3) is 0 Å². The predicted molar refractivity (Wildman–Crippen MR) is 88.3 cm³/mol. The fraction of sp³-hybridized carbons (Fsp3) is 0.875. The summed E-state index contributed by atoms with van der Waals surface area (Å²) in [5, 5.41) is 10.5. The second kappa shape index (κ2) is 7.21. The lowest BCUT2D eigenvalue weighted by Gasteiger charge is -2.44. The van der Waals surface area contributed by atoms with Crippen LogP contribution in [0.3, 0.4) is 0 Å². The van der Waals surface area contributed by atoms with Gasteiger partial charge in [0.25, 0.3) is 0 Å². The number of hydrogen-bond acceptors (Lipinski definition) is 3. The lowest BCUT2D eigenvalue weighted by atomic mass is 9.85. The summed E-state index contributed by atoms with van der Waals surface area (Å²) in [5.41, 5.74) is -0.488. The molecule has 0 aromatic carbocycles. The summed E-state index contributed by atoms with van der Waals surface area (Å²) in [7, 11) is -1.94. The van der Waals surface area contributed by atoms with Crippen LogP contribution < -0.4 is 0 Å². The summed E-state index contributed by atoms with van der Waals surface area (Å²) >= 11 is 0. The van der Waals surface area contributed by atoms with Crippen molar-refractivity contribution < 1.29 is 14.3 Å². The van der Waals surface area contributed by atoms with Gasteiger partial charge in [0.05, 0.1) is 6.10 Å². The Balaban J connectivity index is 5.25. The first kappa shape index (κ1) is 19.8. The van der Waals surface area contributed by atoms with E-state index < -0.39 is 26.1 Å². The van der Waals surface area contributed by atoms with Gasteiger partial charge in [-0.2, -0.15) is 0 Å². The topological polar surface area (TPSA) is 38.7 Å². The summed E-state index contributed by atoms with van der Waals surface area (Å²) in [6, 6.07) is 0. The number of aliphatic hydroxyl groups is 1. The van der Waals surface area contributed by atoms with Crippen LogP contribution >= 0.6 is 0 Å². The van der Waals surface area contributed by atoms with Gasteiger partial charge in [-0.3, -0.25) is 0 Å². The Hall–Kier alpha value is -0.163. The van der Waals surface area contributed by atoms with Crippen LogP contribution in [-0.2, 0) is 9.16 Å². The average molecular weight is 303 g/mol. The van der Waals surface area contributed by atoms with E-state index in [1.54, 1.807) is 6.08 Å². The molecule has 0 aromatic heterocycles. The lowest BCUT2D eigenvalue weighted by molar-refractivity contribution is -0.175. The molecule has 0 aliphatic rings. The zero-order valence-corrected chi connectivity index (χ0v) is 15.8. The van der Waals surface area contributed by atoms with Crippen LogP contribution in [0.15, 0.2) is 12.2 Å². The fourth-order valence-electron chi connectivity index (χ4n) is 1.57. The van der Waals surface area contributed by atoms with Crippen molar-refractivity contribution in [3.63, 3.8) is 0 Å². The number of hydrogen-bond donors (Lipinski definition) is 1. The minimum Gasteiger partial charge on any atom is -0.392 e. The summed E-state index contributed by atoms with van der Waals surface area (Å²) in [4.78, 5) is 0. The monoisotopic (exact) mass is 302 g/mol. The van der Waals surface area contributed by atoms with Crippen LogP contribution in [0.4, 0.5) is 0 Å². The first-order chi connectivity index (χ1) is 8.90. The number of rotatable bonds is 7. The molecule has 0 saturated heterocycles. The Bertz CT molecular complexity index is 316. The summed E-state index contributed by atoms with van der Waals surface area (Å²) < 4.78 is 12.2. The normalized spacial score (nSPS) is 17.5. The molecule has 0 saturated carbocycles. The predicted octanol–water partition coefficient (Wildman–Crippen LogP) is 4.33. The molecule has 0 fully saturated rings. The van der Waals surface area contributed by atoms with Gasteiger partial charge in [0, 0.05) is 12.0 Å². The lowest BCUT2D eigenvalue weighted by Crippen LogP contribution is -2.51. The van der Waals surface area contributed by atoms with E-state index >= 15 is 0 Å². The zero-order valence-electron chi connectivity index (χ0n) is 14.8. The molecule has 0 radical (unpaired) electrons. The van der Waals surface area contributed by atoms with E-state index in [9.17, 15) is 5.11 Å². The third-order valence-corrected chi connectivity index (χ3v) is 8.69. The van der Waals surface area contributed by atoms with Crippen LogP contribution in [0.2, 0.25) is 18.1 Å². The molecule has 20 heavy (non-hydrogen) atoms. The van der Waals surface area contributed by atoms with Crippen molar-refractivity contribution in [1.82, 2.24) is 0 Å². The highest BCUT2D eigenvalue weighted by Crippen LogP contribution is 2.40. The number of aliphatic hydroxyl groups excluding tert-OH is 1. The molecule has 120 valence electrons. The molecule has 0 rings (SSSR count). The van der Waals surface area contributed by atoms with Crippen molar-refractivity contribution in [2.75, 3.05) is 6.61 Å². The Morgan fingerprint density at radius 1 is 1.15 bits per heavy atom. The largest absolute Gasteiger partial charge is 0.392 e. The molecular weight excluding hydrogens is 268 g/mol. The minimum absolute atomic E-state index is 0.115. The first-order valence-corrected chi connectivity index (χ1v) is 10.4. The van der Waals surface area contributed by atoms with Crippen molar-refractivity contribution >= 4 is 8.32 Å². The SMILES string of the molecule is C/C=C/[C@@H](O)C(C)(C)C(OCC)O[Si](C)(C)C(C)(C)C. The Morgan fingerprint density at radius 2 is 1.65 bits per heavy atom. The van der Waals surface area contributed by atoms with E-state index in [0.717, 1.165) is 0 Å². The van der Waals surface area contributed by atoms with Gasteiger partial charge in [0.1, 0.15) is 0 Å². The second-order valence-electron chi connectivity index (χ2n) is 7.46. The quantitative estimate of drug-likeness (QED) is 0.432. The number of ether oxygens (including phenoxy) is 1. The van der Waals surface area contributed by atoms with Gasteiger partial charge in [-0.1, -0.05) is 46.8 Å². The molecule has 4 heteroatoms.